The van der Waals surface area contributed by atoms with E-state index in [4.69, 9.17) is 4.74 Å². The molecular weight excluding hydrogens is 238 g/mol. The molecule has 0 spiro atoms. The molecule has 0 bridgehead atoms. The van der Waals surface area contributed by atoms with Crippen LogP contribution in [0.1, 0.15) is 12.5 Å². The summed E-state index contributed by atoms with van der Waals surface area (Å²) < 4.78 is 5.12. The van der Waals surface area contributed by atoms with Gasteiger partial charge in [-0.15, -0.1) is 0 Å². The van der Waals surface area contributed by atoms with Crippen LogP contribution in [0.2, 0.25) is 0 Å². The van der Waals surface area contributed by atoms with Crippen molar-refractivity contribution in [2.24, 2.45) is 0 Å². The number of methoxy groups -OCH3 is 1. The maximum atomic E-state index is 9.63. The molecule has 0 aliphatic heterocycles. The highest BCUT2D eigenvalue weighted by atomic mass is 16.5. The monoisotopic (exact) mass is 261 g/mol. The van der Waals surface area contributed by atoms with Crippen molar-refractivity contribution in [1.29, 1.82) is 5.26 Å². The van der Waals surface area contributed by atoms with Gasteiger partial charge in [-0.25, -0.2) is 0 Å². The van der Waals surface area contributed by atoms with Gasteiger partial charge in [-0.1, -0.05) is 37.3 Å². The Balaban J connectivity index is 2.91. The summed E-state index contributed by atoms with van der Waals surface area (Å²) in [5.74, 6) is 0. The minimum atomic E-state index is -0.676. The molecule has 19 heavy (non-hydrogen) atoms. The van der Waals surface area contributed by atoms with Crippen LogP contribution in [0.5, 0.6) is 0 Å². The molecule has 0 aliphatic carbocycles. The lowest BCUT2D eigenvalue weighted by Gasteiger charge is -2.32. The van der Waals surface area contributed by atoms with Gasteiger partial charge in [0.2, 0.25) is 0 Å². The molecule has 0 aliphatic rings. The number of nitrogens with zero attached hydrogens (tertiary/aromatic N) is 2. The second kappa shape index (κ2) is 7.90. The van der Waals surface area contributed by atoms with E-state index in [1.54, 1.807) is 7.11 Å². The fourth-order valence-corrected chi connectivity index (χ4v) is 2.10. The van der Waals surface area contributed by atoms with Crippen molar-refractivity contribution >= 4 is 0 Å². The van der Waals surface area contributed by atoms with Gasteiger partial charge in [0.05, 0.1) is 12.7 Å². The third-order valence-electron chi connectivity index (χ3n) is 3.40. The Morgan fingerprint density at radius 1 is 1.37 bits per heavy atom. The summed E-state index contributed by atoms with van der Waals surface area (Å²) in [5, 5.41) is 12.8. The first kappa shape index (κ1) is 15.6. The maximum absolute atomic E-state index is 9.63. The number of nitriles is 1. The predicted molar refractivity (Wildman–Crippen MR) is 76.8 cm³/mol. The van der Waals surface area contributed by atoms with Crippen molar-refractivity contribution in [1.82, 2.24) is 10.2 Å². The standard InChI is InChI=1S/C15H23N3O/c1-4-18(10-11-19-3)13-15(12-16,17-2)14-8-6-5-7-9-14/h5-9,17H,4,10-11,13H2,1-3H3. The van der Waals surface area contributed by atoms with Crippen LogP contribution < -0.4 is 5.32 Å². The molecule has 0 amide bonds. The van der Waals surface area contributed by atoms with E-state index in [0.717, 1.165) is 18.7 Å². The first-order valence-corrected chi connectivity index (χ1v) is 6.59. The third-order valence-corrected chi connectivity index (χ3v) is 3.40. The average molecular weight is 261 g/mol. The molecule has 0 radical (unpaired) electrons. The van der Waals surface area contributed by atoms with Crippen molar-refractivity contribution in [2.75, 3.05) is 40.4 Å². The van der Waals surface area contributed by atoms with Crippen molar-refractivity contribution in [3.05, 3.63) is 35.9 Å². The molecular formula is C15H23N3O. The van der Waals surface area contributed by atoms with E-state index in [1.807, 2.05) is 37.4 Å². The van der Waals surface area contributed by atoms with Gasteiger partial charge in [-0.05, 0) is 19.2 Å². The highest BCUT2D eigenvalue weighted by Gasteiger charge is 2.32. The zero-order valence-electron chi connectivity index (χ0n) is 12.0. The minimum absolute atomic E-state index is 0.643. The summed E-state index contributed by atoms with van der Waals surface area (Å²) in [4.78, 5) is 2.22. The van der Waals surface area contributed by atoms with Gasteiger partial charge in [-0.3, -0.25) is 10.2 Å². The molecule has 0 heterocycles. The van der Waals surface area contributed by atoms with E-state index < -0.39 is 5.54 Å². The molecule has 0 saturated carbocycles. The molecule has 104 valence electrons. The van der Waals surface area contributed by atoms with E-state index in [2.05, 4.69) is 23.2 Å². The minimum Gasteiger partial charge on any atom is -0.383 e. The first-order chi connectivity index (χ1) is 9.22. The van der Waals surface area contributed by atoms with Crippen LogP contribution in [0.3, 0.4) is 0 Å². The SMILES string of the molecule is CCN(CCOC)CC(C#N)(NC)c1ccccc1. The highest BCUT2D eigenvalue weighted by molar-refractivity contribution is 5.31. The molecule has 4 heteroatoms. The smallest absolute Gasteiger partial charge is 0.144 e. The Bertz CT molecular complexity index is 402. The summed E-state index contributed by atoms with van der Waals surface area (Å²) in [5.41, 5.74) is 0.321. The van der Waals surface area contributed by atoms with E-state index in [-0.39, 0.29) is 0 Å². The van der Waals surface area contributed by atoms with E-state index >= 15 is 0 Å². The largest absolute Gasteiger partial charge is 0.383 e. The van der Waals surface area contributed by atoms with Crippen molar-refractivity contribution < 1.29 is 4.74 Å². The lowest BCUT2D eigenvalue weighted by molar-refractivity contribution is 0.136. The molecule has 0 saturated heterocycles. The Morgan fingerprint density at radius 3 is 2.53 bits per heavy atom. The summed E-state index contributed by atoms with van der Waals surface area (Å²) in [6, 6.07) is 12.3. The number of ether oxygens (including phenoxy) is 1. The average Bonchev–Trinajstić information content (AvgIpc) is 2.49. The van der Waals surface area contributed by atoms with Gasteiger partial charge in [0.25, 0.3) is 0 Å². The number of benzene rings is 1. The van der Waals surface area contributed by atoms with Gasteiger partial charge in [-0.2, -0.15) is 5.26 Å². The molecule has 1 aromatic rings. The Labute approximate surface area is 116 Å². The summed E-state index contributed by atoms with van der Waals surface area (Å²) in [7, 11) is 3.53. The first-order valence-electron chi connectivity index (χ1n) is 6.59. The molecule has 1 rings (SSSR count). The molecule has 4 nitrogen and oxygen atoms in total. The van der Waals surface area contributed by atoms with Crippen molar-refractivity contribution in [3.63, 3.8) is 0 Å². The van der Waals surface area contributed by atoms with Gasteiger partial charge in [0.1, 0.15) is 5.54 Å². The zero-order chi connectivity index (χ0) is 14.1. The molecule has 0 fully saturated rings. The van der Waals surface area contributed by atoms with E-state index in [1.165, 1.54) is 0 Å². The zero-order valence-corrected chi connectivity index (χ0v) is 12.0. The van der Waals surface area contributed by atoms with Crippen LogP contribution in [-0.4, -0.2) is 45.3 Å². The number of hydrogen-bond donors (Lipinski definition) is 1. The number of hydrogen-bond acceptors (Lipinski definition) is 4. The van der Waals surface area contributed by atoms with Crippen LogP contribution >= 0.6 is 0 Å². The summed E-state index contributed by atoms with van der Waals surface area (Å²) in [6.45, 7) is 5.13. The lowest BCUT2D eigenvalue weighted by atomic mass is 9.91. The predicted octanol–water partition coefficient (Wildman–Crippen LogP) is 1.59. The Morgan fingerprint density at radius 2 is 2.05 bits per heavy atom. The van der Waals surface area contributed by atoms with Crippen molar-refractivity contribution in [2.45, 2.75) is 12.5 Å². The maximum Gasteiger partial charge on any atom is 0.144 e. The van der Waals surface area contributed by atoms with Crippen LogP contribution in [0, 0.1) is 11.3 Å². The van der Waals surface area contributed by atoms with Crippen LogP contribution in [0.15, 0.2) is 30.3 Å². The third kappa shape index (κ3) is 4.03. The van der Waals surface area contributed by atoms with E-state index in [9.17, 15) is 5.26 Å². The summed E-state index contributed by atoms with van der Waals surface area (Å²) in [6.07, 6.45) is 0. The quantitative estimate of drug-likeness (QED) is 0.772. The number of nitrogens with one attached hydrogen (secondary N) is 1. The van der Waals surface area contributed by atoms with Crippen LogP contribution in [0.4, 0.5) is 0 Å². The normalized spacial score (nSPS) is 14.1. The molecule has 1 N–H and O–H groups in total. The van der Waals surface area contributed by atoms with Gasteiger partial charge in [0, 0.05) is 20.2 Å². The van der Waals surface area contributed by atoms with Gasteiger partial charge in [0.15, 0.2) is 0 Å². The second-order valence-corrected chi connectivity index (χ2v) is 4.49. The van der Waals surface area contributed by atoms with Gasteiger partial charge >= 0.3 is 0 Å². The van der Waals surface area contributed by atoms with Gasteiger partial charge < -0.3 is 4.74 Å². The lowest BCUT2D eigenvalue weighted by Crippen LogP contribution is -2.49. The van der Waals surface area contributed by atoms with E-state index in [0.29, 0.717) is 13.2 Å². The summed E-state index contributed by atoms with van der Waals surface area (Å²) >= 11 is 0. The second-order valence-electron chi connectivity index (χ2n) is 4.49. The fourth-order valence-electron chi connectivity index (χ4n) is 2.10. The molecule has 0 aromatic heterocycles. The highest BCUT2D eigenvalue weighted by Crippen LogP contribution is 2.21. The molecule has 1 unspecified atom stereocenters. The number of likely N-dealkylation sites (N-methyl/N-ethyl adjacent to an activating group) is 2. The fraction of sp³-hybridized carbons (Fsp3) is 0.533. The topological polar surface area (TPSA) is 48.3 Å². The Hall–Kier alpha value is -1.41. The van der Waals surface area contributed by atoms with Crippen molar-refractivity contribution in [3.8, 4) is 6.07 Å². The molecule has 1 aromatic carbocycles. The van der Waals surface area contributed by atoms with Crippen LogP contribution in [0.25, 0.3) is 0 Å². The van der Waals surface area contributed by atoms with Crippen LogP contribution in [-0.2, 0) is 10.3 Å². The Kier molecular flexibility index (Phi) is 6.51. The molecule has 1 atom stereocenters. The number of rotatable bonds is 8.